The second-order valence-electron chi connectivity index (χ2n) is 14.9. The minimum Gasteiger partial charge on any atom is -0.208 e. The van der Waals surface area contributed by atoms with Crippen LogP contribution in [0.1, 0.15) is 0 Å². The zero-order valence-electron chi connectivity index (χ0n) is 31.5. The molecule has 0 unspecified atom stereocenters. The Morgan fingerprint density at radius 2 is 0.638 bits per heavy atom. The lowest BCUT2D eigenvalue weighted by atomic mass is 9.94. The molecule has 0 bridgehead atoms. The largest absolute Gasteiger partial charge is 0.208 e. The summed E-state index contributed by atoms with van der Waals surface area (Å²) in [6.07, 6.45) is 0. The third-order valence-electron chi connectivity index (χ3n) is 11.3. The Kier molecular flexibility index (Phi) is 8.15. The Morgan fingerprint density at radius 3 is 1.38 bits per heavy atom. The summed E-state index contributed by atoms with van der Waals surface area (Å²) in [6.45, 7) is 0. The molecule has 270 valence electrons. The summed E-state index contributed by atoms with van der Waals surface area (Å²) in [4.78, 5) is 15.6. The lowest BCUT2D eigenvalue weighted by Gasteiger charge is -2.12. The topological polar surface area (TPSA) is 38.7 Å². The maximum Gasteiger partial charge on any atom is 0.164 e. The Morgan fingerprint density at radius 1 is 0.207 bits per heavy atom. The van der Waals surface area contributed by atoms with Gasteiger partial charge >= 0.3 is 0 Å². The van der Waals surface area contributed by atoms with E-state index in [1.807, 2.05) is 0 Å². The smallest absolute Gasteiger partial charge is 0.164 e. The molecule has 0 N–H and O–H groups in total. The van der Waals surface area contributed by atoms with Crippen molar-refractivity contribution in [3.8, 4) is 67.5 Å². The predicted octanol–water partition coefficient (Wildman–Crippen LogP) is 14.5. The van der Waals surface area contributed by atoms with Crippen LogP contribution in [-0.2, 0) is 0 Å². The predicted molar refractivity (Wildman–Crippen MR) is 242 cm³/mol. The first-order valence-corrected chi connectivity index (χ1v) is 19.7. The Bertz CT molecular complexity index is 3340. The van der Waals surface area contributed by atoms with E-state index in [2.05, 4.69) is 212 Å². The molecule has 1 aromatic heterocycles. The third kappa shape index (κ3) is 6.16. The van der Waals surface area contributed by atoms with E-state index in [-0.39, 0.29) is 0 Å². The van der Waals surface area contributed by atoms with Crippen molar-refractivity contribution in [2.24, 2.45) is 0 Å². The number of benzene rings is 10. The molecule has 3 heteroatoms. The second kappa shape index (κ2) is 14.1. The van der Waals surface area contributed by atoms with Crippen molar-refractivity contribution >= 4 is 43.1 Å². The molecule has 0 aliphatic heterocycles. The number of nitrogens with zero attached hydrogens (tertiary/aromatic N) is 3. The highest BCUT2D eigenvalue weighted by atomic mass is 15.0. The Balaban J connectivity index is 1.01. The molecule has 0 radical (unpaired) electrons. The van der Waals surface area contributed by atoms with Gasteiger partial charge in [-0.2, -0.15) is 0 Å². The molecular weight excluding hydrogens is 703 g/mol. The van der Waals surface area contributed by atoms with Crippen LogP contribution < -0.4 is 0 Å². The monoisotopic (exact) mass is 737 g/mol. The van der Waals surface area contributed by atoms with Crippen molar-refractivity contribution in [1.29, 1.82) is 0 Å². The van der Waals surface area contributed by atoms with Crippen molar-refractivity contribution < 1.29 is 0 Å². The SMILES string of the molecule is c1ccc(-c2ccc3ccc(-c4nc(-c5cccc(-c6ccc7cc(-c8cccc9ccccc89)ccc7c6)c5)nc(-c5cccc6ccccc56)n4)cc3c2)cc1. The highest BCUT2D eigenvalue weighted by molar-refractivity contribution is 6.00. The van der Waals surface area contributed by atoms with Gasteiger partial charge in [-0.15, -0.1) is 0 Å². The van der Waals surface area contributed by atoms with Crippen molar-refractivity contribution in [2.45, 2.75) is 0 Å². The Hall–Kier alpha value is -7.75. The number of fused-ring (bicyclic) bond motifs is 4. The van der Waals surface area contributed by atoms with E-state index in [1.165, 1.54) is 49.2 Å². The summed E-state index contributed by atoms with van der Waals surface area (Å²) < 4.78 is 0. The van der Waals surface area contributed by atoms with E-state index in [0.29, 0.717) is 17.5 Å². The summed E-state index contributed by atoms with van der Waals surface area (Å²) in [7, 11) is 0. The van der Waals surface area contributed by atoms with Gasteiger partial charge in [0.2, 0.25) is 0 Å². The molecule has 11 rings (SSSR count). The Labute approximate surface area is 336 Å². The zero-order valence-corrected chi connectivity index (χ0v) is 31.5. The van der Waals surface area contributed by atoms with E-state index >= 15 is 0 Å². The minimum absolute atomic E-state index is 0.633. The maximum atomic E-state index is 5.19. The van der Waals surface area contributed by atoms with Gasteiger partial charge in [-0.3, -0.25) is 0 Å². The molecule has 0 aliphatic rings. The number of rotatable bonds is 6. The first-order valence-electron chi connectivity index (χ1n) is 19.7. The second-order valence-corrected chi connectivity index (χ2v) is 14.9. The lowest BCUT2D eigenvalue weighted by Crippen LogP contribution is -2.00. The number of hydrogen-bond acceptors (Lipinski definition) is 3. The fraction of sp³-hybridized carbons (Fsp3) is 0. The molecule has 10 aromatic carbocycles. The summed E-state index contributed by atoms with van der Waals surface area (Å²) in [5.41, 5.74) is 9.92. The zero-order chi connectivity index (χ0) is 38.4. The molecule has 0 atom stereocenters. The summed E-state index contributed by atoms with van der Waals surface area (Å²) in [5.74, 6) is 1.92. The average molecular weight is 738 g/mol. The third-order valence-corrected chi connectivity index (χ3v) is 11.3. The van der Waals surface area contributed by atoms with Crippen molar-refractivity contribution in [3.63, 3.8) is 0 Å². The summed E-state index contributed by atoms with van der Waals surface area (Å²) >= 11 is 0. The molecule has 58 heavy (non-hydrogen) atoms. The molecule has 11 aromatic rings. The van der Waals surface area contributed by atoms with Crippen LogP contribution in [0.2, 0.25) is 0 Å². The van der Waals surface area contributed by atoms with E-state index in [0.717, 1.165) is 44.0 Å². The highest BCUT2D eigenvalue weighted by Gasteiger charge is 2.16. The van der Waals surface area contributed by atoms with Crippen LogP contribution in [0.5, 0.6) is 0 Å². The van der Waals surface area contributed by atoms with Crippen LogP contribution in [-0.4, -0.2) is 15.0 Å². The van der Waals surface area contributed by atoms with E-state index < -0.39 is 0 Å². The molecule has 0 aliphatic carbocycles. The lowest BCUT2D eigenvalue weighted by molar-refractivity contribution is 1.08. The van der Waals surface area contributed by atoms with Crippen LogP contribution in [0.3, 0.4) is 0 Å². The van der Waals surface area contributed by atoms with Gasteiger partial charge in [-0.25, -0.2) is 15.0 Å². The maximum absolute atomic E-state index is 5.19. The summed E-state index contributed by atoms with van der Waals surface area (Å²) in [6, 6.07) is 75.5. The average Bonchev–Trinajstić information content (AvgIpc) is 3.30. The van der Waals surface area contributed by atoms with E-state index in [4.69, 9.17) is 15.0 Å². The van der Waals surface area contributed by atoms with Crippen LogP contribution in [0.25, 0.3) is 111 Å². The molecule has 3 nitrogen and oxygen atoms in total. The van der Waals surface area contributed by atoms with Crippen LogP contribution in [0.15, 0.2) is 212 Å². The van der Waals surface area contributed by atoms with Gasteiger partial charge in [0.15, 0.2) is 17.5 Å². The van der Waals surface area contributed by atoms with E-state index in [1.54, 1.807) is 0 Å². The molecule has 0 fully saturated rings. The van der Waals surface area contributed by atoms with Crippen molar-refractivity contribution in [1.82, 2.24) is 15.0 Å². The van der Waals surface area contributed by atoms with Gasteiger partial charge in [0.25, 0.3) is 0 Å². The minimum atomic E-state index is 0.633. The van der Waals surface area contributed by atoms with Crippen LogP contribution >= 0.6 is 0 Å². The standard InChI is InChI=1S/C55H35N3/c1-2-11-36(12-3-1)41-25-23-37-24-30-47(35-48(37)34-41)54-56-53(57-55(58-54)52-22-10-16-39-14-5-7-20-50(39)52)46-18-8-17-40(33-46)42-26-27-44-32-45(29-28-43(44)31-42)51-21-9-15-38-13-4-6-19-49(38)51/h1-35H. The molecular formula is C55H35N3. The molecule has 0 amide bonds. The molecule has 0 saturated heterocycles. The summed E-state index contributed by atoms with van der Waals surface area (Å²) in [5, 5.41) is 9.46. The molecule has 0 spiro atoms. The van der Waals surface area contributed by atoms with E-state index in [9.17, 15) is 0 Å². The van der Waals surface area contributed by atoms with Crippen molar-refractivity contribution in [2.75, 3.05) is 0 Å². The normalized spacial score (nSPS) is 11.4. The van der Waals surface area contributed by atoms with Gasteiger partial charge in [-0.1, -0.05) is 182 Å². The first kappa shape index (κ1) is 33.6. The number of aromatic nitrogens is 3. The number of hydrogen-bond donors (Lipinski definition) is 0. The van der Waals surface area contributed by atoms with Crippen LogP contribution in [0, 0.1) is 0 Å². The van der Waals surface area contributed by atoms with Gasteiger partial charge in [-0.05, 0) is 107 Å². The first-order chi connectivity index (χ1) is 28.7. The molecule has 0 saturated carbocycles. The van der Waals surface area contributed by atoms with Crippen molar-refractivity contribution in [3.05, 3.63) is 212 Å². The van der Waals surface area contributed by atoms with Gasteiger partial charge in [0, 0.05) is 16.7 Å². The van der Waals surface area contributed by atoms with Gasteiger partial charge < -0.3 is 0 Å². The fourth-order valence-electron chi connectivity index (χ4n) is 8.28. The molecule has 1 heterocycles. The van der Waals surface area contributed by atoms with Gasteiger partial charge in [0.1, 0.15) is 0 Å². The quantitative estimate of drug-likeness (QED) is 0.171. The fourth-order valence-corrected chi connectivity index (χ4v) is 8.28. The van der Waals surface area contributed by atoms with Crippen LogP contribution in [0.4, 0.5) is 0 Å². The van der Waals surface area contributed by atoms with Gasteiger partial charge in [0.05, 0.1) is 0 Å². The highest BCUT2D eigenvalue weighted by Crippen LogP contribution is 2.35.